The van der Waals surface area contributed by atoms with Crippen molar-refractivity contribution >= 4 is 30.0 Å². The van der Waals surface area contributed by atoms with E-state index < -0.39 is 56.2 Å². The van der Waals surface area contributed by atoms with Gasteiger partial charge >= 0.3 is 30.0 Å². The van der Waals surface area contributed by atoms with Gasteiger partial charge in [-0.25, -0.2) is 4.79 Å². The molecule has 13 heteroatoms. The summed E-state index contributed by atoms with van der Waals surface area (Å²) in [5.41, 5.74) is 0. The van der Waals surface area contributed by atoms with Gasteiger partial charge in [-0.05, 0) is 0 Å². The first-order valence-electron chi connectivity index (χ1n) is 6.17. The Labute approximate surface area is 134 Å². The summed E-state index contributed by atoms with van der Waals surface area (Å²) >= 11 is 0. The zero-order valence-corrected chi connectivity index (χ0v) is 12.4. The molecular weight excluding hydrogens is 336 g/mol. The van der Waals surface area contributed by atoms with Crippen molar-refractivity contribution in [3.63, 3.8) is 0 Å². The largest absolute Gasteiger partial charge is 0.503 e. The Morgan fingerprint density at radius 2 is 0.667 bits per heavy atom. The molecule has 0 heterocycles. The lowest BCUT2D eigenvalue weighted by atomic mass is 10.4. The Morgan fingerprint density at radius 1 is 0.500 bits per heavy atom. The first-order valence-corrected chi connectivity index (χ1v) is 6.17. The first-order chi connectivity index (χ1) is 10.9. The van der Waals surface area contributed by atoms with Crippen LogP contribution in [0.4, 0.5) is 4.79 Å². The zero-order valence-electron chi connectivity index (χ0n) is 12.4. The van der Waals surface area contributed by atoms with Crippen LogP contribution >= 0.6 is 0 Å². The highest BCUT2D eigenvalue weighted by molar-refractivity contribution is 5.73. The molecule has 0 unspecified atom stereocenters. The minimum atomic E-state index is -1.83. The van der Waals surface area contributed by atoms with E-state index in [9.17, 15) is 19.2 Å². The second-order valence-corrected chi connectivity index (χ2v) is 4.28. The van der Waals surface area contributed by atoms with Gasteiger partial charge in [-0.1, -0.05) is 0 Å². The summed E-state index contributed by atoms with van der Waals surface area (Å²) in [5, 5.41) is 48.4. The standard InChI is InChI=1S/C10H16N2O8.CH2O3/c13-7(14)3-11(4-8(15)16)1-2-12(5-9(17)18)6-10(19)20;2-1(3)4/h1-6H2,(H,13,14)(H,15,16)(H,17,18)(H,19,20);(H2,2,3,4). The summed E-state index contributed by atoms with van der Waals surface area (Å²) in [4.78, 5) is 52.9. The van der Waals surface area contributed by atoms with Crippen LogP contribution in [-0.4, -0.2) is 110 Å². The van der Waals surface area contributed by atoms with E-state index in [4.69, 9.17) is 35.4 Å². The van der Waals surface area contributed by atoms with Gasteiger partial charge in [-0.2, -0.15) is 0 Å². The molecule has 0 aromatic rings. The molecule has 0 rings (SSSR count). The third kappa shape index (κ3) is 19.1. The topological polar surface area (TPSA) is 213 Å². The van der Waals surface area contributed by atoms with Crippen molar-refractivity contribution in [1.29, 1.82) is 0 Å². The third-order valence-electron chi connectivity index (χ3n) is 2.17. The Hall–Kier alpha value is -2.93. The predicted octanol–water partition coefficient (Wildman–Crippen LogP) is -1.85. The third-order valence-corrected chi connectivity index (χ3v) is 2.17. The van der Waals surface area contributed by atoms with Gasteiger partial charge in [-0.15, -0.1) is 0 Å². The van der Waals surface area contributed by atoms with Gasteiger partial charge in [0.25, 0.3) is 0 Å². The number of aliphatic carboxylic acids is 4. The Bertz CT molecular complexity index is 393. The molecule has 0 aliphatic heterocycles. The van der Waals surface area contributed by atoms with E-state index in [2.05, 4.69) is 0 Å². The molecule has 0 aromatic carbocycles. The van der Waals surface area contributed by atoms with Crippen molar-refractivity contribution < 1.29 is 54.6 Å². The molecule has 0 spiro atoms. The number of hydrogen-bond donors (Lipinski definition) is 6. The van der Waals surface area contributed by atoms with E-state index in [1.54, 1.807) is 0 Å². The molecule has 24 heavy (non-hydrogen) atoms. The quantitative estimate of drug-likeness (QED) is 0.241. The van der Waals surface area contributed by atoms with Crippen LogP contribution in [0.25, 0.3) is 0 Å². The highest BCUT2D eigenvalue weighted by Gasteiger charge is 2.17. The number of hydrogen-bond acceptors (Lipinski definition) is 7. The lowest BCUT2D eigenvalue weighted by molar-refractivity contribution is -0.145. The van der Waals surface area contributed by atoms with E-state index in [-0.39, 0.29) is 13.1 Å². The van der Waals surface area contributed by atoms with Crippen LogP contribution in [0.1, 0.15) is 0 Å². The maximum atomic E-state index is 10.6. The van der Waals surface area contributed by atoms with E-state index in [1.807, 2.05) is 0 Å². The number of nitrogens with zero attached hydrogens (tertiary/aromatic N) is 2. The second kappa shape index (κ2) is 12.6. The fourth-order valence-corrected chi connectivity index (χ4v) is 1.48. The highest BCUT2D eigenvalue weighted by atomic mass is 16.6. The Morgan fingerprint density at radius 3 is 0.792 bits per heavy atom. The molecule has 6 N–H and O–H groups in total. The van der Waals surface area contributed by atoms with E-state index in [0.29, 0.717) is 0 Å². The summed E-state index contributed by atoms with van der Waals surface area (Å²) in [6.07, 6.45) is -1.83. The van der Waals surface area contributed by atoms with Gasteiger partial charge in [0, 0.05) is 13.1 Å². The van der Waals surface area contributed by atoms with Crippen LogP contribution in [0, 0.1) is 0 Å². The lowest BCUT2D eigenvalue weighted by Gasteiger charge is -2.23. The average molecular weight is 354 g/mol. The van der Waals surface area contributed by atoms with Crippen LogP contribution in [0.2, 0.25) is 0 Å². The van der Waals surface area contributed by atoms with Crippen LogP contribution in [-0.2, 0) is 19.2 Å². The van der Waals surface area contributed by atoms with Gasteiger partial charge in [0.1, 0.15) is 0 Å². The van der Waals surface area contributed by atoms with E-state index in [0.717, 1.165) is 9.80 Å². The molecule has 0 amide bonds. The molecule has 13 nitrogen and oxygen atoms in total. The normalized spacial score (nSPS) is 9.92. The monoisotopic (exact) mass is 354 g/mol. The van der Waals surface area contributed by atoms with Crippen LogP contribution < -0.4 is 0 Å². The molecule has 0 saturated heterocycles. The summed E-state index contributed by atoms with van der Waals surface area (Å²) < 4.78 is 0. The summed E-state index contributed by atoms with van der Waals surface area (Å²) in [5.74, 6) is -4.91. The molecule has 0 aliphatic carbocycles. The van der Waals surface area contributed by atoms with Crippen LogP contribution in [0.5, 0.6) is 0 Å². The van der Waals surface area contributed by atoms with Gasteiger partial charge in [0.15, 0.2) is 0 Å². The molecule has 0 aromatic heterocycles. The predicted molar refractivity (Wildman–Crippen MR) is 74.1 cm³/mol. The number of carboxylic acids is 4. The molecule has 0 radical (unpaired) electrons. The fraction of sp³-hybridized carbons (Fsp3) is 0.545. The molecule has 138 valence electrons. The summed E-state index contributed by atoms with van der Waals surface area (Å²) in [6.45, 7) is -2.25. The van der Waals surface area contributed by atoms with Crippen molar-refractivity contribution in [1.82, 2.24) is 9.80 Å². The van der Waals surface area contributed by atoms with Crippen LogP contribution in [0.3, 0.4) is 0 Å². The molecule has 0 fully saturated rings. The van der Waals surface area contributed by atoms with Crippen molar-refractivity contribution in [3.8, 4) is 0 Å². The maximum Gasteiger partial charge on any atom is 0.503 e. The number of carboxylic acid groups (broad SMARTS) is 6. The van der Waals surface area contributed by atoms with Gasteiger partial charge in [0.2, 0.25) is 0 Å². The number of carbonyl (C=O) groups is 5. The summed E-state index contributed by atoms with van der Waals surface area (Å²) in [7, 11) is 0. The lowest BCUT2D eigenvalue weighted by Crippen LogP contribution is -2.43. The van der Waals surface area contributed by atoms with Crippen molar-refractivity contribution in [3.05, 3.63) is 0 Å². The smallest absolute Gasteiger partial charge is 0.480 e. The van der Waals surface area contributed by atoms with Gasteiger partial charge in [-0.3, -0.25) is 29.0 Å². The van der Waals surface area contributed by atoms with Crippen molar-refractivity contribution in [2.75, 3.05) is 39.3 Å². The van der Waals surface area contributed by atoms with Gasteiger partial charge < -0.3 is 30.6 Å². The fourth-order valence-electron chi connectivity index (χ4n) is 1.48. The average Bonchev–Trinajstić information content (AvgIpc) is 2.32. The van der Waals surface area contributed by atoms with Gasteiger partial charge in [0.05, 0.1) is 26.2 Å². The molecule has 0 atom stereocenters. The molecule has 0 aliphatic rings. The minimum absolute atomic E-state index is 0.0703. The Kier molecular flexibility index (Phi) is 12.3. The molecular formula is C11H18N2O11. The zero-order chi connectivity index (χ0) is 19.3. The van der Waals surface area contributed by atoms with Crippen molar-refractivity contribution in [2.24, 2.45) is 0 Å². The van der Waals surface area contributed by atoms with Crippen molar-refractivity contribution in [2.45, 2.75) is 0 Å². The van der Waals surface area contributed by atoms with Crippen LogP contribution in [0.15, 0.2) is 0 Å². The van der Waals surface area contributed by atoms with E-state index >= 15 is 0 Å². The minimum Gasteiger partial charge on any atom is -0.480 e. The van der Waals surface area contributed by atoms with E-state index in [1.165, 1.54) is 0 Å². The first kappa shape index (κ1) is 23.3. The number of rotatable bonds is 11. The maximum absolute atomic E-state index is 10.6. The molecule has 0 saturated carbocycles. The SMILES string of the molecule is O=C(O)CN(CCN(CC(=O)O)CC(=O)O)CC(=O)O.O=C(O)O. The summed E-state index contributed by atoms with van der Waals surface area (Å²) in [6, 6.07) is 0. The second-order valence-electron chi connectivity index (χ2n) is 4.28. The molecule has 0 bridgehead atoms. The highest BCUT2D eigenvalue weighted by Crippen LogP contribution is 1.94. The Balaban J connectivity index is 0.